The largest absolute Gasteiger partial charge is 0.310 e. The van der Waals surface area contributed by atoms with Gasteiger partial charge >= 0.3 is 0 Å². The van der Waals surface area contributed by atoms with Crippen LogP contribution in [-0.4, -0.2) is 71.9 Å². The van der Waals surface area contributed by atoms with Gasteiger partial charge in [0, 0.05) is 52.9 Å². The standard InChI is InChI=1S/C48H38B8N2S/c49-39-35(23-10-2-1-3-11-23)40(50)43(53)41(51)37(39)28-19-21-33(36-27-14-6-9-17-34(27)59-48(28)36)58-30-15-7-4-12-25(30)29-22-24(18-20-32(29)58)57-31-16-8-5-13-26(31)38-42(52)44(54)45(55)46(56)47(38)57/h1-22H,49-56H2. The van der Waals surface area contributed by atoms with Crippen molar-refractivity contribution >= 4 is 182 Å². The predicted octanol–water partition coefficient (Wildman–Crippen LogP) is -0.350. The van der Waals surface area contributed by atoms with E-state index in [1.165, 1.54) is 141 Å². The maximum absolute atomic E-state index is 2.53. The molecule has 0 amide bonds. The highest BCUT2D eigenvalue weighted by molar-refractivity contribution is 7.26. The van der Waals surface area contributed by atoms with Crippen molar-refractivity contribution in [3.63, 3.8) is 0 Å². The van der Waals surface area contributed by atoms with E-state index in [2.05, 4.69) is 205 Å². The van der Waals surface area contributed by atoms with Gasteiger partial charge in [-0.2, -0.15) is 0 Å². The van der Waals surface area contributed by atoms with Crippen molar-refractivity contribution < 1.29 is 0 Å². The van der Waals surface area contributed by atoms with Gasteiger partial charge in [-0.05, 0) is 64.7 Å². The molecule has 0 radical (unpaired) electrons. The zero-order valence-corrected chi connectivity index (χ0v) is 35.8. The van der Waals surface area contributed by atoms with Crippen molar-refractivity contribution in [3.05, 3.63) is 133 Å². The molecule has 0 bridgehead atoms. The molecule has 0 aliphatic rings. The summed E-state index contributed by atoms with van der Waals surface area (Å²) in [7, 11) is 18.4. The van der Waals surface area contributed by atoms with E-state index in [-0.39, 0.29) is 0 Å². The van der Waals surface area contributed by atoms with Gasteiger partial charge in [-0.25, -0.2) is 0 Å². The zero-order valence-electron chi connectivity index (χ0n) is 35.0. The van der Waals surface area contributed by atoms with Crippen LogP contribution in [0.5, 0.6) is 0 Å². The summed E-state index contributed by atoms with van der Waals surface area (Å²) >= 11 is 1.93. The van der Waals surface area contributed by atoms with Crippen LogP contribution >= 0.6 is 11.3 Å². The highest BCUT2D eigenvalue weighted by atomic mass is 32.1. The molecule has 0 N–H and O–H groups in total. The number of nitrogens with zero attached hydrogens (tertiary/aromatic N) is 2. The van der Waals surface area contributed by atoms with Crippen molar-refractivity contribution in [1.82, 2.24) is 9.13 Å². The molecule has 0 aliphatic heterocycles. The summed E-state index contributed by atoms with van der Waals surface area (Å²) in [5, 5.41) is 7.80. The molecule has 11 heteroatoms. The molecule has 0 saturated heterocycles. The SMILES string of the molecule is Bc1c(B)c(-c2ccccc2)c(B)c(-c2ccc(-n3c4ccccc4c4cc(-n5c6ccccc6c6c(B)c(B)c(B)c(B)c65)ccc43)c3c2sc2ccccc23)c1B. The van der Waals surface area contributed by atoms with Crippen LogP contribution in [0.25, 0.3) is 97.4 Å². The van der Waals surface area contributed by atoms with Crippen molar-refractivity contribution in [1.29, 1.82) is 0 Å². The Labute approximate surface area is 355 Å². The summed E-state index contributed by atoms with van der Waals surface area (Å²) in [5.41, 5.74) is 23.6. The van der Waals surface area contributed by atoms with E-state index in [0.717, 1.165) is 0 Å². The Bertz CT molecular complexity index is 3600. The number of para-hydroxylation sites is 2. The van der Waals surface area contributed by atoms with Gasteiger partial charge in [-0.3, -0.25) is 0 Å². The number of benzene rings is 8. The van der Waals surface area contributed by atoms with Gasteiger partial charge in [0.05, 0.1) is 22.2 Å². The number of rotatable bonds is 4. The fraction of sp³-hybridized carbons (Fsp3) is 0. The monoisotopic (exact) mass is 762 g/mol. The lowest BCUT2D eigenvalue weighted by Gasteiger charge is -2.23. The fourth-order valence-corrected chi connectivity index (χ4v) is 11.8. The molecule has 8 aromatic carbocycles. The lowest BCUT2D eigenvalue weighted by atomic mass is 9.62. The number of hydrogen-bond donors (Lipinski definition) is 0. The van der Waals surface area contributed by atoms with E-state index in [1.54, 1.807) is 0 Å². The molecular formula is C48H38B8N2S. The normalized spacial score (nSPS) is 11.9. The summed E-state index contributed by atoms with van der Waals surface area (Å²) in [6.07, 6.45) is 0. The van der Waals surface area contributed by atoms with Crippen LogP contribution in [-0.2, 0) is 0 Å². The van der Waals surface area contributed by atoms with Gasteiger partial charge < -0.3 is 9.13 Å². The van der Waals surface area contributed by atoms with Crippen LogP contribution in [0.15, 0.2) is 133 Å². The summed E-state index contributed by atoms with van der Waals surface area (Å²) in [4.78, 5) is 0. The second-order valence-corrected chi connectivity index (χ2v) is 17.7. The third kappa shape index (κ3) is 5.04. The maximum atomic E-state index is 2.53. The van der Waals surface area contributed by atoms with Gasteiger partial charge in [-0.1, -0.05) is 124 Å². The molecule has 270 valence electrons. The maximum Gasteiger partial charge on any atom is 0.141 e. The molecule has 11 rings (SSSR count). The summed E-state index contributed by atoms with van der Waals surface area (Å²) < 4.78 is 7.69. The van der Waals surface area contributed by atoms with E-state index in [4.69, 9.17) is 0 Å². The average Bonchev–Trinajstić information content (AvgIpc) is 3.93. The van der Waals surface area contributed by atoms with Crippen LogP contribution in [0.4, 0.5) is 0 Å². The summed E-state index contributed by atoms with van der Waals surface area (Å²) in [6.45, 7) is 0. The first-order valence-corrected chi connectivity index (χ1v) is 21.6. The Kier molecular flexibility index (Phi) is 8.17. The van der Waals surface area contributed by atoms with Gasteiger partial charge in [-0.15, -0.1) is 22.3 Å². The minimum absolute atomic E-state index is 1.19. The van der Waals surface area contributed by atoms with Crippen molar-refractivity contribution in [2.45, 2.75) is 0 Å². The summed E-state index contributed by atoms with van der Waals surface area (Å²) in [6, 6.07) is 49.8. The van der Waals surface area contributed by atoms with Crippen molar-refractivity contribution in [2.24, 2.45) is 0 Å². The van der Waals surface area contributed by atoms with Crippen LogP contribution in [0.2, 0.25) is 0 Å². The third-order valence-corrected chi connectivity index (χ3v) is 15.1. The van der Waals surface area contributed by atoms with Crippen LogP contribution < -0.4 is 43.7 Å². The number of fused-ring (bicyclic) bond motifs is 9. The van der Waals surface area contributed by atoms with Gasteiger partial charge in [0.15, 0.2) is 0 Å². The Morgan fingerprint density at radius 1 is 0.390 bits per heavy atom. The molecule has 2 nitrogen and oxygen atoms in total. The first kappa shape index (κ1) is 36.2. The van der Waals surface area contributed by atoms with Crippen molar-refractivity contribution in [2.75, 3.05) is 0 Å². The number of thiophene rings is 1. The lowest BCUT2D eigenvalue weighted by molar-refractivity contribution is 1.18. The Balaban J connectivity index is 1.21. The average molecular weight is 761 g/mol. The molecule has 59 heavy (non-hydrogen) atoms. The first-order chi connectivity index (χ1) is 28.7. The minimum Gasteiger partial charge on any atom is -0.310 e. The molecule has 0 saturated carbocycles. The first-order valence-electron chi connectivity index (χ1n) is 20.8. The summed E-state index contributed by atoms with van der Waals surface area (Å²) in [5.74, 6) is 0. The topological polar surface area (TPSA) is 9.86 Å². The molecule has 0 spiro atoms. The number of aromatic nitrogens is 2. The molecule has 3 aromatic heterocycles. The Morgan fingerprint density at radius 2 is 0.983 bits per heavy atom. The van der Waals surface area contributed by atoms with Crippen LogP contribution in [0, 0.1) is 0 Å². The van der Waals surface area contributed by atoms with Crippen molar-refractivity contribution in [3.8, 4) is 33.6 Å². The second-order valence-electron chi connectivity index (χ2n) is 16.7. The molecule has 0 aliphatic carbocycles. The molecular weight excluding hydrogens is 723 g/mol. The quantitative estimate of drug-likeness (QED) is 0.218. The molecule has 0 unspecified atom stereocenters. The fourth-order valence-electron chi connectivity index (χ4n) is 10.5. The van der Waals surface area contributed by atoms with E-state index in [1.807, 2.05) is 11.3 Å². The zero-order chi connectivity index (χ0) is 40.4. The van der Waals surface area contributed by atoms with Gasteiger partial charge in [0.2, 0.25) is 0 Å². The smallest absolute Gasteiger partial charge is 0.141 e. The van der Waals surface area contributed by atoms with Gasteiger partial charge in [0.25, 0.3) is 0 Å². The van der Waals surface area contributed by atoms with E-state index in [9.17, 15) is 0 Å². The van der Waals surface area contributed by atoms with Crippen LogP contribution in [0.3, 0.4) is 0 Å². The van der Waals surface area contributed by atoms with Crippen LogP contribution in [0.1, 0.15) is 0 Å². The number of hydrogen-bond acceptors (Lipinski definition) is 1. The second kappa shape index (κ2) is 13.3. The highest BCUT2D eigenvalue weighted by Gasteiger charge is 2.24. The van der Waals surface area contributed by atoms with E-state index >= 15 is 0 Å². The molecule has 11 aromatic rings. The van der Waals surface area contributed by atoms with Gasteiger partial charge in [0.1, 0.15) is 62.8 Å². The van der Waals surface area contributed by atoms with E-state index in [0.29, 0.717) is 0 Å². The Hall–Kier alpha value is -5.90. The molecule has 0 fully saturated rings. The lowest BCUT2D eigenvalue weighted by Crippen LogP contribution is -2.48. The Morgan fingerprint density at radius 3 is 1.75 bits per heavy atom. The highest BCUT2D eigenvalue weighted by Crippen LogP contribution is 2.45. The third-order valence-electron chi connectivity index (χ3n) is 13.9. The van der Waals surface area contributed by atoms with E-state index < -0.39 is 0 Å². The molecule has 0 atom stereocenters. The minimum atomic E-state index is 1.19. The molecule has 3 heterocycles. The predicted molar refractivity (Wildman–Crippen MR) is 284 cm³/mol.